The van der Waals surface area contributed by atoms with Gasteiger partial charge in [-0.3, -0.25) is 19.3 Å². The van der Waals surface area contributed by atoms with Gasteiger partial charge in [-0.1, -0.05) is 30.3 Å². The number of benzene rings is 3. The van der Waals surface area contributed by atoms with Gasteiger partial charge in [-0.2, -0.15) is 13.2 Å². The van der Waals surface area contributed by atoms with Crippen molar-refractivity contribution in [2.45, 2.75) is 31.5 Å². The van der Waals surface area contributed by atoms with Crippen LogP contribution in [0.3, 0.4) is 0 Å². The third-order valence-electron chi connectivity index (χ3n) is 6.61. The summed E-state index contributed by atoms with van der Waals surface area (Å²) in [6.07, 6.45) is -5.87. The molecule has 1 aliphatic heterocycles. The van der Waals surface area contributed by atoms with Crippen LogP contribution in [0.4, 0.5) is 17.6 Å². The van der Waals surface area contributed by atoms with Crippen LogP contribution < -0.4 is 0 Å². The number of hydrogen-bond donors (Lipinski definition) is 2. The van der Waals surface area contributed by atoms with Gasteiger partial charge in [0.05, 0.1) is 28.7 Å². The molecule has 0 bridgehead atoms. The average Bonchev–Trinajstić information content (AvgIpc) is 3.12. The molecular formula is C28H23F4NO5. The highest BCUT2D eigenvalue weighted by Gasteiger charge is 2.36. The lowest BCUT2D eigenvalue weighted by Crippen LogP contribution is -2.36. The quantitative estimate of drug-likeness (QED) is 0.294. The normalized spacial score (nSPS) is 14.9. The molecular weight excluding hydrogens is 506 g/mol. The van der Waals surface area contributed by atoms with E-state index in [0.717, 1.165) is 23.1 Å². The molecule has 0 unspecified atom stereocenters. The van der Waals surface area contributed by atoms with E-state index in [1.807, 2.05) is 0 Å². The number of hydrogen-bond acceptors (Lipinski definition) is 4. The van der Waals surface area contributed by atoms with E-state index in [1.54, 1.807) is 12.1 Å². The molecule has 3 aromatic carbocycles. The highest BCUT2D eigenvalue weighted by molar-refractivity contribution is 6.21. The molecule has 10 heteroatoms. The zero-order chi connectivity index (χ0) is 27.6. The van der Waals surface area contributed by atoms with Gasteiger partial charge in [0, 0.05) is 12.1 Å². The lowest BCUT2D eigenvalue weighted by Gasteiger charge is -2.22. The van der Waals surface area contributed by atoms with E-state index in [0.29, 0.717) is 5.56 Å². The minimum Gasteiger partial charge on any atom is -0.481 e. The number of rotatable bonds is 9. The van der Waals surface area contributed by atoms with Crippen LogP contribution in [-0.4, -0.2) is 45.5 Å². The molecule has 0 fully saturated rings. The van der Waals surface area contributed by atoms with Crippen LogP contribution in [-0.2, 0) is 17.4 Å². The Hall–Kier alpha value is -4.05. The number of carboxylic acids is 1. The maximum absolute atomic E-state index is 14.4. The van der Waals surface area contributed by atoms with Crippen LogP contribution in [0.15, 0.2) is 66.7 Å². The Kier molecular flexibility index (Phi) is 7.63. The van der Waals surface area contributed by atoms with Crippen LogP contribution in [0, 0.1) is 11.7 Å². The minimum atomic E-state index is -4.52. The maximum Gasteiger partial charge on any atom is 0.416 e. The van der Waals surface area contributed by atoms with E-state index in [-0.39, 0.29) is 48.1 Å². The molecule has 1 heterocycles. The summed E-state index contributed by atoms with van der Waals surface area (Å²) in [7, 11) is 0. The van der Waals surface area contributed by atoms with Gasteiger partial charge in [0.25, 0.3) is 11.8 Å². The summed E-state index contributed by atoms with van der Waals surface area (Å²) in [6.45, 7) is -0.186. The molecule has 0 aromatic heterocycles. The molecule has 2 N–H and O–H groups in total. The smallest absolute Gasteiger partial charge is 0.416 e. The van der Waals surface area contributed by atoms with E-state index in [4.69, 9.17) is 0 Å². The zero-order valence-corrected chi connectivity index (χ0v) is 19.9. The third-order valence-corrected chi connectivity index (χ3v) is 6.61. The van der Waals surface area contributed by atoms with Crippen molar-refractivity contribution < 1.29 is 42.2 Å². The predicted molar refractivity (Wildman–Crippen MR) is 129 cm³/mol. The van der Waals surface area contributed by atoms with Crippen molar-refractivity contribution in [1.82, 2.24) is 4.90 Å². The summed E-state index contributed by atoms with van der Waals surface area (Å²) in [6, 6.07) is 14.4. The molecule has 2 amide bonds. The van der Waals surface area contributed by atoms with Crippen molar-refractivity contribution in [3.8, 4) is 11.1 Å². The van der Waals surface area contributed by atoms with Crippen molar-refractivity contribution in [2.75, 3.05) is 6.54 Å². The number of carbonyl (C=O) groups is 3. The molecule has 38 heavy (non-hydrogen) atoms. The van der Waals surface area contributed by atoms with Gasteiger partial charge in [0.2, 0.25) is 0 Å². The fourth-order valence-corrected chi connectivity index (χ4v) is 4.49. The van der Waals surface area contributed by atoms with Crippen molar-refractivity contribution in [1.29, 1.82) is 0 Å². The number of aliphatic hydroxyl groups is 1. The Morgan fingerprint density at radius 2 is 1.47 bits per heavy atom. The van der Waals surface area contributed by atoms with Crippen LogP contribution in [0.2, 0.25) is 0 Å². The number of fused-ring (bicyclic) bond motifs is 1. The summed E-state index contributed by atoms with van der Waals surface area (Å²) in [5.41, 5.74) is 0.482. The number of nitrogens with zero attached hydrogens (tertiary/aromatic N) is 1. The second-order valence-corrected chi connectivity index (χ2v) is 9.04. The first-order valence-corrected chi connectivity index (χ1v) is 11.8. The predicted octanol–water partition coefficient (Wildman–Crippen LogP) is 5.19. The van der Waals surface area contributed by atoms with E-state index < -0.39 is 47.4 Å². The topological polar surface area (TPSA) is 94.9 Å². The summed E-state index contributed by atoms with van der Waals surface area (Å²) < 4.78 is 52.9. The number of aryl methyl sites for hydroxylation is 1. The number of alkyl halides is 3. The van der Waals surface area contributed by atoms with Crippen molar-refractivity contribution in [2.24, 2.45) is 5.92 Å². The fraction of sp³-hybridized carbons (Fsp3) is 0.250. The fourth-order valence-electron chi connectivity index (χ4n) is 4.49. The first-order chi connectivity index (χ1) is 18.0. The number of aliphatic hydroxyl groups excluding tert-OH is 1. The minimum absolute atomic E-state index is 0.0167. The van der Waals surface area contributed by atoms with Gasteiger partial charge in [0.1, 0.15) is 5.82 Å². The molecule has 2 atom stereocenters. The number of carbonyl (C=O) groups excluding carboxylic acids is 2. The van der Waals surface area contributed by atoms with E-state index in [9.17, 15) is 42.2 Å². The molecule has 0 radical (unpaired) electrons. The zero-order valence-electron chi connectivity index (χ0n) is 19.9. The first kappa shape index (κ1) is 27.0. The third kappa shape index (κ3) is 5.60. The second-order valence-electron chi connectivity index (χ2n) is 9.04. The number of imide groups is 1. The Balaban J connectivity index is 1.41. The standard InChI is InChI=1S/C28H23F4NO5/c29-23-11-5-16(15-22(23)17-7-9-18(10-8-17)28(30,31)32)6-12-24(34)21(27(37)38)13-14-33-25(35)19-3-1-2-4-20(19)26(33)36/h1-5,7-11,15,21,24,34H,6,12-14H2,(H,37,38)/t21-,24-/m1/s1. The summed E-state index contributed by atoms with van der Waals surface area (Å²) in [4.78, 5) is 37.9. The first-order valence-electron chi connectivity index (χ1n) is 11.8. The van der Waals surface area contributed by atoms with E-state index in [1.165, 1.54) is 36.4 Å². The Bertz CT molecular complexity index is 1340. The number of halogens is 4. The van der Waals surface area contributed by atoms with Gasteiger partial charge >= 0.3 is 12.1 Å². The molecule has 6 nitrogen and oxygen atoms in total. The molecule has 4 rings (SSSR count). The van der Waals surface area contributed by atoms with Crippen LogP contribution in [0.1, 0.15) is 44.7 Å². The lowest BCUT2D eigenvalue weighted by atomic mass is 9.92. The van der Waals surface area contributed by atoms with Crippen LogP contribution >= 0.6 is 0 Å². The maximum atomic E-state index is 14.4. The van der Waals surface area contributed by atoms with Crippen molar-refractivity contribution in [3.05, 3.63) is 94.8 Å². The molecule has 0 aliphatic carbocycles. The van der Waals surface area contributed by atoms with Crippen molar-refractivity contribution in [3.63, 3.8) is 0 Å². The van der Waals surface area contributed by atoms with Gasteiger partial charge < -0.3 is 10.2 Å². The van der Waals surface area contributed by atoms with Crippen molar-refractivity contribution >= 4 is 17.8 Å². The number of aliphatic carboxylic acids is 1. The van der Waals surface area contributed by atoms with Gasteiger partial charge in [0.15, 0.2) is 0 Å². The Labute approximate surface area is 215 Å². The highest BCUT2D eigenvalue weighted by atomic mass is 19.4. The molecule has 3 aromatic rings. The summed E-state index contributed by atoms with van der Waals surface area (Å²) in [5, 5.41) is 20.3. The summed E-state index contributed by atoms with van der Waals surface area (Å²) in [5.74, 6) is -4.25. The van der Waals surface area contributed by atoms with Gasteiger partial charge in [-0.05, 0) is 66.8 Å². The molecule has 1 aliphatic rings. The van der Waals surface area contributed by atoms with E-state index >= 15 is 0 Å². The van der Waals surface area contributed by atoms with Gasteiger partial charge in [-0.15, -0.1) is 0 Å². The lowest BCUT2D eigenvalue weighted by molar-refractivity contribution is -0.146. The largest absolute Gasteiger partial charge is 0.481 e. The van der Waals surface area contributed by atoms with Crippen LogP contribution in [0.25, 0.3) is 11.1 Å². The monoisotopic (exact) mass is 529 g/mol. The van der Waals surface area contributed by atoms with Gasteiger partial charge in [-0.25, -0.2) is 4.39 Å². The SMILES string of the molecule is O=C(O)[C@H](CCN1C(=O)c2ccccc2C1=O)[C@H](O)CCc1ccc(F)c(-c2ccc(C(F)(F)F)cc2)c1. The Morgan fingerprint density at radius 1 is 0.868 bits per heavy atom. The van der Waals surface area contributed by atoms with E-state index in [2.05, 4.69) is 0 Å². The number of amides is 2. The Morgan fingerprint density at radius 3 is 2.03 bits per heavy atom. The number of carboxylic acid groups (broad SMARTS) is 1. The molecule has 198 valence electrons. The highest BCUT2D eigenvalue weighted by Crippen LogP contribution is 2.32. The molecule has 0 saturated carbocycles. The average molecular weight is 529 g/mol. The molecule has 0 spiro atoms. The second kappa shape index (κ2) is 10.7. The molecule has 0 saturated heterocycles. The van der Waals surface area contributed by atoms with Crippen LogP contribution in [0.5, 0.6) is 0 Å². The summed E-state index contributed by atoms with van der Waals surface area (Å²) >= 11 is 0.